The van der Waals surface area contributed by atoms with Crippen molar-refractivity contribution in [2.24, 2.45) is 0 Å². The van der Waals surface area contributed by atoms with Crippen LogP contribution in [0.3, 0.4) is 0 Å². The number of rotatable bonds is 18. The zero-order valence-electron chi connectivity index (χ0n) is 35.6. The minimum absolute atomic E-state index is 0.136. The van der Waals surface area contributed by atoms with Crippen molar-refractivity contribution in [2.45, 2.75) is 149 Å². The summed E-state index contributed by atoms with van der Waals surface area (Å²) in [5, 5.41) is 10.7. The Morgan fingerprint density at radius 2 is 0.797 bits per heavy atom. The topological polar surface area (TPSA) is 69.7 Å². The Bertz CT molecular complexity index is 1980. The Hall–Kier alpha value is -3.48. The number of ether oxygens (including phenoxy) is 5. The van der Waals surface area contributed by atoms with E-state index in [0.717, 1.165) is 6.92 Å². The average Bonchev–Trinajstić information content (AvgIpc) is 3.97. The molecule has 0 amide bonds. The minimum Gasteiger partial charge on any atom is -0.391 e. The molecule has 0 saturated carbocycles. The first-order valence-electron chi connectivity index (χ1n) is 19.4. The molecule has 0 bridgehead atoms. The number of aliphatic hydroxyl groups excluding tert-OH is 1. The van der Waals surface area contributed by atoms with Gasteiger partial charge in [0.05, 0.1) is 37.1 Å². The van der Waals surface area contributed by atoms with Crippen LogP contribution in [0.5, 0.6) is 0 Å². The first-order chi connectivity index (χ1) is 30.6. The number of benzene rings is 2. The number of alkyl halides is 24. The van der Waals surface area contributed by atoms with Gasteiger partial charge in [-0.15, -0.1) is 0 Å². The number of hydrogen-bond donors (Lipinski definition) is 1. The Labute approximate surface area is 374 Å². The molecule has 6 nitrogen and oxygen atoms in total. The summed E-state index contributed by atoms with van der Waals surface area (Å²) in [6.45, 7) is -1.53. The van der Waals surface area contributed by atoms with Crippen LogP contribution in [0.25, 0.3) is 0 Å². The normalized spacial score (nSPS) is 18.3. The summed E-state index contributed by atoms with van der Waals surface area (Å²) in [5.74, 6) is 0. The maximum atomic E-state index is 15.0. The molecule has 0 aromatic heterocycles. The van der Waals surface area contributed by atoms with Crippen LogP contribution in [0.4, 0.5) is 105 Å². The smallest absolute Gasteiger partial charge is 0.391 e. The van der Waals surface area contributed by atoms with E-state index < -0.39 is 169 Å². The Morgan fingerprint density at radius 1 is 0.493 bits per heavy atom. The van der Waals surface area contributed by atoms with E-state index in [0.29, 0.717) is 20.8 Å². The highest BCUT2D eigenvalue weighted by Crippen LogP contribution is 2.60. The summed E-state index contributed by atoms with van der Waals surface area (Å²) < 4.78 is 374. The summed E-state index contributed by atoms with van der Waals surface area (Å²) in [6.07, 6.45) is -63.6. The van der Waals surface area contributed by atoms with Gasteiger partial charge in [-0.25, -0.2) is 0 Å². The fourth-order valence-electron chi connectivity index (χ4n) is 6.98. The van der Waals surface area contributed by atoms with Crippen LogP contribution in [0.15, 0.2) is 48.5 Å². The van der Waals surface area contributed by atoms with E-state index in [1.165, 1.54) is 0 Å². The number of epoxide rings is 1. The lowest BCUT2D eigenvalue weighted by atomic mass is 9.83. The van der Waals surface area contributed by atoms with Crippen molar-refractivity contribution in [1.82, 2.24) is 0 Å². The molecule has 398 valence electrons. The first-order valence-corrected chi connectivity index (χ1v) is 19.4. The van der Waals surface area contributed by atoms with Gasteiger partial charge in [0, 0.05) is 28.7 Å². The number of aliphatic hydroxyl groups is 1. The lowest BCUT2D eigenvalue weighted by Crippen LogP contribution is -2.61. The van der Waals surface area contributed by atoms with Crippen molar-refractivity contribution in [3.8, 4) is 0 Å². The molecular formula is C39H38F24O6. The third-order valence-electron chi connectivity index (χ3n) is 11.0. The van der Waals surface area contributed by atoms with Crippen LogP contribution in [-0.4, -0.2) is 97.7 Å². The fourth-order valence-corrected chi connectivity index (χ4v) is 6.98. The lowest BCUT2D eigenvalue weighted by molar-refractivity contribution is -0.414. The van der Waals surface area contributed by atoms with Crippen LogP contribution in [0.2, 0.25) is 0 Å². The molecule has 1 aliphatic rings. The predicted molar refractivity (Wildman–Crippen MR) is 186 cm³/mol. The SMILES string of the molecule is CCC(C)(C)OC(c1cccc(C(OCC(O)CC(C)(CC)OC(c2cccc(C(OCC3CO3)(C(F)(F)F)C(F)(F)F)c2)(C(F)(F)F)C(F)(F)F)(C(F)(F)F)C(F)(F)F)c1)(C(F)(F)F)C(F)(F)F. The second kappa shape index (κ2) is 18.8. The largest absolute Gasteiger partial charge is 0.430 e. The molecule has 2 aromatic carbocycles. The highest BCUT2D eigenvalue weighted by molar-refractivity contribution is 5.38. The van der Waals surface area contributed by atoms with Crippen molar-refractivity contribution in [3.05, 3.63) is 70.8 Å². The molecule has 1 saturated heterocycles. The van der Waals surface area contributed by atoms with Crippen LogP contribution in [-0.2, 0) is 46.1 Å². The van der Waals surface area contributed by atoms with E-state index >= 15 is 26.3 Å². The summed E-state index contributed by atoms with van der Waals surface area (Å²) in [5.41, 5.74) is -39.5. The third kappa shape index (κ3) is 11.1. The predicted octanol–water partition coefficient (Wildman–Crippen LogP) is 13.2. The molecule has 0 radical (unpaired) electrons. The Balaban J connectivity index is 2.26. The van der Waals surface area contributed by atoms with E-state index in [4.69, 9.17) is 0 Å². The summed E-state index contributed by atoms with van der Waals surface area (Å²) in [6, 6.07) is -3.13. The highest BCUT2D eigenvalue weighted by atomic mass is 19.4. The summed E-state index contributed by atoms with van der Waals surface area (Å²) in [7, 11) is 0. The quantitative estimate of drug-likeness (QED) is 0.118. The molecule has 3 unspecified atom stereocenters. The molecule has 1 aliphatic heterocycles. The van der Waals surface area contributed by atoms with Crippen molar-refractivity contribution in [3.63, 3.8) is 0 Å². The zero-order valence-corrected chi connectivity index (χ0v) is 35.6. The Morgan fingerprint density at radius 3 is 1.09 bits per heavy atom. The zero-order chi connectivity index (χ0) is 53.9. The number of hydrogen-bond acceptors (Lipinski definition) is 6. The average molecular weight is 1060 g/mol. The molecule has 30 heteroatoms. The van der Waals surface area contributed by atoms with Crippen LogP contribution >= 0.6 is 0 Å². The van der Waals surface area contributed by atoms with Gasteiger partial charge in [-0.2, -0.15) is 105 Å². The van der Waals surface area contributed by atoms with Gasteiger partial charge in [-0.3, -0.25) is 0 Å². The van der Waals surface area contributed by atoms with Gasteiger partial charge in [-0.05, 0) is 45.7 Å². The minimum atomic E-state index is -7.03. The van der Waals surface area contributed by atoms with Gasteiger partial charge in [0.15, 0.2) is 0 Å². The van der Waals surface area contributed by atoms with Crippen LogP contribution < -0.4 is 0 Å². The fraction of sp³-hybridized carbons (Fsp3) is 0.692. The molecule has 0 spiro atoms. The van der Waals surface area contributed by atoms with Crippen LogP contribution in [0.1, 0.15) is 76.1 Å². The van der Waals surface area contributed by atoms with E-state index in [2.05, 4.69) is 23.7 Å². The van der Waals surface area contributed by atoms with Gasteiger partial charge in [-0.1, -0.05) is 50.2 Å². The second-order valence-corrected chi connectivity index (χ2v) is 16.4. The molecular weight excluding hydrogens is 1020 g/mol. The monoisotopic (exact) mass is 1060 g/mol. The molecule has 1 N–H and O–H groups in total. The first kappa shape index (κ1) is 59.8. The molecule has 1 fully saturated rings. The molecule has 0 aliphatic carbocycles. The molecule has 69 heavy (non-hydrogen) atoms. The van der Waals surface area contributed by atoms with E-state index in [9.17, 15) is 84.1 Å². The van der Waals surface area contributed by atoms with Gasteiger partial charge in [0.1, 0.15) is 6.10 Å². The van der Waals surface area contributed by atoms with E-state index in [1.54, 1.807) is 0 Å². The van der Waals surface area contributed by atoms with Crippen molar-refractivity contribution < 1.29 is 134 Å². The van der Waals surface area contributed by atoms with E-state index in [1.807, 2.05) is 0 Å². The summed E-state index contributed by atoms with van der Waals surface area (Å²) >= 11 is 0. The third-order valence-corrected chi connectivity index (χ3v) is 11.0. The lowest BCUT2D eigenvalue weighted by Gasteiger charge is -2.45. The molecule has 3 rings (SSSR count). The summed E-state index contributed by atoms with van der Waals surface area (Å²) in [4.78, 5) is 0. The van der Waals surface area contributed by atoms with E-state index in [-0.39, 0.29) is 43.3 Å². The Kier molecular flexibility index (Phi) is 16.3. The maximum absolute atomic E-state index is 15.0. The van der Waals surface area contributed by atoms with Crippen LogP contribution in [0, 0.1) is 0 Å². The van der Waals surface area contributed by atoms with Crippen molar-refractivity contribution >= 4 is 0 Å². The van der Waals surface area contributed by atoms with Crippen molar-refractivity contribution in [2.75, 3.05) is 19.8 Å². The number of halogens is 24. The van der Waals surface area contributed by atoms with Gasteiger partial charge >= 0.3 is 49.4 Å². The maximum Gasteiger partial charge on any atom is 0.430 e. The highest BCUT2D eigenvalue weighted by Gasteiger charge is 2.79. The van der Waals surface area contributed by atoms with Crippen molar-refractivity contribution in [1.29, 1.82) is 0 Å². The van der Waals surface area contributed by atoms with Gasteiger partial charge in [0.25, 0.3) is 22.4 Å². The molecule has 2 aromatic rings. The van der Waals surface area contributed by atoms with Gasteiger partial charge in [0.2, 0.25) is 0 Å². The van der Waals surface area contributed by atoms with Gasteiger partial charge < -0.3 is 28.8 Å². The molecule has 3 atom stereocenters. The molecule has 1 heterocycles. The second-order valence-electron chi connectivity index (χ2n) is 16.4. The standard InChI is InChI=1S/C39H38F24O6/c1-6-26(3,4)68-30(36(52,53)54,37(55,56)57)22-12-8-10-20(14-22)28(32(40,41)42,33(43,44)45)66-17-24(64)16-27(5,7-2)69-31(38(58,59)60,39(61,62)63)23-13-9-11-21(15-23)29(34(46,47)48,35(49,50)51)67-19-25-18-65-25/h8-15,24-25,64H,6-7,16-19H2,1-5H3.